The molecule has 0 saturated heterocycles. The van der Waals surface area contributed by atoms with Gasteiger partial charge in [0.1, 0.15) is 18.1 Å². The van der Waals surface area contributed by atoms with E-state index in [-0.39, 0.29) is 18.8 Å². The summed E-state index contributed by atoms with van der Waals surface area (Å²) in [5, 5.41) is 1.08. The number of fused-ring (bicyclic) bond motifs is 1. The Balaban J connectivity index is 1.37. The Labute approximate surface area is 198 Å². The fourth-order valence-electron chi connectivity index (χ4n) is 3.48. The molecular weight excluding hydrogens is 430 g/mol. The third kappa shape index (κ3) is 6.19. The van der Waals surface area contributed by atoms with E-state index in [4.69, 9.17) is 14.2 Å². The summed E-state index contributed by atoms with van der Waals surface area (Å²) < 4.78 is 16.2. The molecule has 0 aliphatic rings. The first-order valence-corrected chi connectivity index (χ1v) is 11.1. The van der Waals surface area contributed by atoms with Crippen molar-refractivity contribution in [2.45, 2.75) is 20.0 Å². The maximum absolute atomic E-state index is 12.9. The number of carbonyl (C=O) groups is 2. The lowest BCUT2D eigenvalue weighted by Crippen LogP contribution is -2.14. The molecule has 1 aromatic heterocycles. The molecule has 4 rings (SSSR count). The zero-order valence-corrected chi connectivity index (χ0v) is 18.9. The Kier molecular flexibility index (Phi) is 7.50. The van der Waals surface area contributed by atoms with E-state index < -0.39 is 5.97 Å². The quantitative estimate of drug-likeness (QED) is 0.242. The van der Waals surface area contributed by atoms with E-state index >= 15 is 0 Å². The third-order valence-corrected chi connectivity index (χ3v) is 5.12. The van der Waals surface area contributed by atoms with Crippen LogP contribution >= 0.6 is 0 Å². The summed E-state index contributed by atoms with van der Waals surface area (Å²) in [5.74, 6) is 0.641. The SMILES string of the molecule is CCOC(=O)COc1cccc(CC(=O)c2cccc(OCc3ccc4ccccc4n3)c2)c1. The van der Waals surface area contributed by atoms with Gasteiger partial charge in [-0.15, -0.1) is 0 Å². The van der Waals surface area contributed by atoms with Crippen LogP contribution in [0.25, 0.3) is 10.9 Å². The van der Waals surface area contributed by atoms with Gasteiger partial charge in [-0.25, -0.2) is 9.78 Å². The standard InChI is InChI=1S/C28H25NO5/c1-2-32-28(31)19-34-24-10-5-7-20(15-24)16-27(30)22-9-6-11-25(17-22)33-18-23-14-13-21-8-3-4-12-26(21)29-23/h3-15,17H,2,16,18-19H2,1H3. The highest BCUT2D eigenvalue weighted by Crippen LogP contribution is 2.20. The number of Topliss-reactive ketones (excluding diaryl/α,β-unsaturated/α-hetero) is 1. The van der Waals surface area contributed by atoms with Gasteiger partial charge in [-0.3, -0.25) is 4.79 Å². The predicted octanol–water partition coefficient (Wildman–Crippen LogP) is 5.18. The minimum Gasteiger partial charge on any atom is -0.487 e. The van der Waals surface area contributed by atoms with E-state index in [1.807, 2.05) is 48.5 Å². The minimum atomic E-state index is -0.431. The van der Waals surface area contributed by atoms with Crippen LogP contribution in [0.3, 0.4) is 0 Å². The zero-order valence-electron chi connectivity index (χ0n) is 18.9. The number of benzene rings is 3. The van der Waals surface area contributed by atoms with E-state index in [9.17, 15) is 9.59 Å². The maximum atomic E-state index is 12.9. The molecule has 0 amide bonds. The van der Waals surface area contributed by atoms with Crippen molar-refractivity contribution in [3.63, 3.8) is 0 Å². The Morgan fingerprint density at radius 3 is 2.47 bits per heavy atom. The number of hydrogen-bond acceptors (Lipinski definition) is 6. The summed E-state index contributed by atoms with van der Waals surface area (Å²) >= 11 is 0. The Morgan fingerprint density at radius 2 is 1.62 bits per heavy atom. The topological polar surface area (TPSA) is 74.7 Å². The van der Waals surface area contributed by atoms with Crippen molar-refractivity contribution in [1.82, 2.24) is 4.98 Å². The van der Waals surface area contributed by atoms with Crippen molar-refractivity contribution >= 4 is 22.7 Å². The molecule has 0 bridgehead atoms. The van der Waals surface area contributed by atoms with Crippen LogP contribution in [-0.2, 0) is 22.6 Å². The minimum absolute atomic E-state index is 0.0446. The number of aromatic nitrogens is 1. The van der Waals surface area contributed by atoms with Gasteiger partial charge in [0.05, 0.1) is 17.8 Å². The lowest BCUT2D eigenvalue weighted by Gasteiger charge is -2.09. The molecule has 0 N–H and O–H groups in total. The van der Waals surface area contributed by atoms with Gasteiger partial charge in [-0.1, -0.05) is 48.5 Å². The van der Waals surface area contributed by atoms with Crippen LogP contribution in [-0.4, -0.2) is 30.0 Å². The largest absolute Gasteiger partial charge is 0.487 e. The summed E-state index contributed by atoms with van der Waals surface area (Å²) in [5.41, 5.74) is 3.08. The molecule has 4 aromatic rings. The average molecular weight is 456 g/mol. The summed E-state index contributed by atoms with van der Waals surface area (Å²) in [6.45, 7) is 2.18. The van der Waals surface area contributed by atoms with Crippen LogP contribution in [0, 0.1) is 0 Å². The van der Waals surface area contributed by atoms with Crippen molar-refractivity contribution in [3.05, 3.63) is 102 Å². The second kappa shape index (κ2) is 11.1. The first-order chi connectivity index (χ1) is 16.6. The van der Waals surface area contributed by atoms with E-state index in [0.717, 1.165) is 22.2 Å². The van der Waals surface area contributed by atoms with Crippen molar-refractivity contribution in [2.24, 2.45) is 0 Å². The summed E-state index contributed by atoms with van der Waals surface area (Å²) in [7, 11) is 0. The molecule has 0 aliphatic heterocycles. The first kappa shape index (κ1) is 23.0. The van der Waals surface area contributed by atoms with Crippen molar-refractivity contribution in [3.8, 4) is 11.5 Å². The molecule has 0 aliphatic carbocycles. The van der Waals surface area contributed by atoms with Gasteiger partial charge >= 0.3 is 5.97 Å². The summed E-state index contributed by atoms with van der Waals surface area (Å²) in [4.78, 5) is 29.0. The van der Waals surface area contributed by atoms with Gasteiger partial charge < -0.3 is 14.2 Å². The number of nitrogens with zero attached hydrogens (tertiary/aromatic N) is 1. The molecular formula is C28H25NO5. The lowest BCUT2D eigenvalue weighted by atomic mass is 10.0. The van der Waals surface area contributed by atoms with Crippen molar-refractivity contribution in [1.29, 1.82) is 0 Å². The molecule has 34 heavy (non-hydrogen) atoms. The van der Waals surface area contributed by atoms with Gasteiger partial charge in [0.2, 0.25) is 0 Å². The monoisotopic (exact) mass is 455 g/mol. The number of rotatable bonds is 10. The highest BCUT2D eigenvalue weighted by molar-refractivity contribution is 5.97. The van der Waals surface area contributed by atoms with E-state index in [1.165, 1.54) is 0 Å². The lowest BCUT2D eigenvalue weighted by molar-refractivity contribution is -0.145. The molecule has 0 atom stereocenters. The molecule has 0 saturated carbocycles. The molecule has 0 unspecified atom stereocenters. The normalized spacial score (nSPS) is 10.6. The van der Waals surface area contributed by atoms with Gasteiger partial charge in [-0.05, 0) is 48.9 Å². The number of carbonyl (C=O) groups excluding carboxylic acids is 2. The molecule has 0 fully saturated rings. The number of pyridine rings is 1. The van der Waals surface area contributed by atoms with Gasteiger partial charge in [0.15, 0.2) is 12.4 Å². The summed E-state index contributed by atoms with van der Waals surface area (Å²) in [6.07, 6.45) is 0.201. The molecule has 6 nitrogen and oxygen atoms in total. The number of ketones is 1. The van der Waals surface area contributed by atoms with Gasteiger partial charge in [-0.2, -0.15) is 0 Å². The van der Waals surface area contributed by atoms with Crippen LogP contribution in [0.5, 0.6) is 11.5 Å². The second-order valence-corrected chi connectivity index (χ2v) is 7.65. The summed E-state index contributed by atoms with van der Waals surface area (Å²) in [6, 6.07) is 26.1. The van der Waals surface area contributed by atoms with Crippen LogP contribution in [0.15, 0.2) is 84.9 Å². The Morgan fingerprint density at radius 1 is 0.824 bits per heavy atom. The highest BCUT2D eigenvalue weighted by atomic mass is 16.6. The van der Waals surface area contributed by atoms with Crippen molar-refractivity contribution in [2.75, 3.05) is 13.2 Å². The zero-order chi connectivity index (χ0) is 23.8. The van der Waals surface area contributed by atoms with Gasteiger partial charge in [0, 0.05) is 17.4 Å². The number of para-hydroxylation sites is 1. The average Bonchev–Trinajstić information content (AvgIpc) is 2.87. The predicted molar refractivity (Wildman–Crippen MR) is 129 cm³/mol. The molecule has 172 valence electrons. The van der Waals surface area contributed by atoms with Crippen molar-refractivity contribution < 1.29 is 23.8 Å². The molecule has 6 heteroatoms. The molecule has 0 radical (unpaired) electrons. The van der Waals surface area contributed by atoms with Crippen LogP contribution < -0.4 is 9.47 Å². The smallest absolute Gasteiger partial charge is 0.344 e. The molecule has 1 heterocycles. The number of ether oxygens (including phenoxy) is 3. The van der Waals surface area contributed by atoms with E-state index in [2.05, 4.69) is 4.98 Å². The molecule has 0 spiro atoms. The second-order valence-electron chi connectivity index (χ2n) is 7.65. The Bertz CT molecular complexity index is 1300. The number of hydrogen-bond donors (Lipinski definition) is 0. The van der Waals surface area contributed by atoms with E-state index in [1.54, 1.807) is 43.3 Å². The van der Waals surface area contributed by atoms with Gasteiger partial charge in [0.25, 0.3) is 0 Å². The third-order valence-electron chi connectivity index (χ3n) is 5.12. The van der Waals surface area contributed by atoms with Crippen LogP contribution in [0.1, 0.15) is 28.5 Å². The first-order valence-electron chi connectivity index (χ1n) is 11.1. The van der Waals surface area contributed by atoms with Crippen LogP contribution in [0.4, 0.5) is 0 Å². The maximum Gasteiger partial charge on any atom is 0.344 e. The molecule has 3 aromatic carbocycles. The number of esters is 1. The fourth-order valence-corrected chi connectivity index (χ4v) is 3.48. The van der Waals surface area contributed by atoms with E-state index in [0.29, 0.717) is 30.3 Å². The highest BCUT2D eigenvalue weighted by Gasteiger charge is 2.10. The fraction of sp³-hybridized carbons (Fsp3) is 0.179. The Hall–Kier alpha value is -4.19. The van der Waals surface area contributed by atoms with Crippen LogP contribution in [0.2, 0.25) is 0 Å².